The summed E-state index contributed by atoms with van der Waals surface area (Å²) in [7, 11) is 1.60. The molecule has 18 heavy (non-hydrogen) atoms. The van der Waals surface area contributed by atoms with Crippen molar-refractivity contribution < 1.29 is 13.9 Å². The van der Waals surface area contributed by atoms with Crippen molar-refractivity contribution in [3.63, 3.8) is 0 Å². The Morgan fingerprint density at radius 2 is 2.28 bits per heavy atom. The fourth-order valence-corrected chi connectivity index (χ4v) is 1.83. The molecule has 0 aliphatic heterocycles. The average molecular weight is 274 g/mol. The van der Waals surface area contributed by atoms with Crippen LogP contribution in [0.3, 0.4) is 0 Å². The SMILES string of the molecule is COCC(CNC1CC1)Oc1cccc(Cl)c1F. The van der Waals surface area contributed by atoms with Crippen molar-refractivity contribution in [1.29, 1.82) is 0 Å². The standard InChI is InChI=1S/C13H17ClFNO2/c1-17-8-10(7-16-9-5-6-9)18-12-4-2-3-11(14)13(12)15/h2-4,9-10,16H,5-8H2,1H3. The number of nitrogens with one attached hydrogen (secondary N) is 1. The number of halogens is 2. The largest absolute Gasteiger partial charge is 0.484 e. The van der Waals surface area contributed by atoms with Gasteiger partial charge in [-0.3, -0.25) is 0 Å². The van der Waals surface area contributed by atoms with Crippen LogP contribution in [0.15, 0.2) is 18.2 Å². The summed E-state index contributed by atoms with van der Waals surface area (Å²) in [4.78, 5) is 0. The maximum Gasteiger partial charge on any atom is 0.183 e. The molecule has 0 aromatic heterocycles. The molecule has 1 aromatic carbocycles. The minimum absolute atomic E-state index is 0.0684. The molecule has 100 valence electrons. The molecule has 5 heteroatoms. The zero-order chi connectivity index (χ0) is 13.0. The number of methoxy groups -OCH3 is 1. The first kappa shape index (κ1) is 13.6. The predicted molar refractivity (Wildman–Crippen MR) is 68.7 cm³/mol. The Labute approximate surface area is 111 Å². The van der Waals surface area contributed by atoms with Gasteiger partial charge in [0.05, 0.1) is 11.6 Å². The van der Waals surface area contributed by atoms with Crippen molar-refractivity contribution in [1.82, 2.24) is 5.32 Å². The van der Waals surface area contributed by atoms with Crippen molar-refractivity contribution in [2.45, 2.75) is 25.0 Å². The molecule has 1 unspecified atom stereocenters. The van der Waals surface area contributed by atoms with E-state index < -0.39 is 5.82 Å². The van der Waals surface area contributed by atoms with Crippen LogP contribution in [0.25, 0.3) is 0 Å². The van der Waals surface area contributed by atoms with E-state index in [1.807, 2.05) is 0 Å². The monoisotopic (exact) mass is 273 g/mol. The van der Waals surface area contributed by atoms with Crippen molar-refractivity contribution in [3.8, 4) is 5.75 Å². The Bertz CT molecular complexity index is 399. The molecular weight excluding hydrogens is 257 g/mol. The average Bonchev–Trinajstić information content (AvgIpc) is 3.16. The second-order valence-electron chi connectivity index (χ2n) is 4.43. The van der Waals surface area contributed by atoms with Gasteiger partial charge < -0.3 is 14.8 Å². The van der Waals surface area contributed by atoms with Crippen molar-refractivity contribution in [3.05, 3.63) is 29.0 Å². The maximum absolute atomic E-state index is 13.7. The lowest BCUT2D eigenvalue weighted by Crippen LogP contribution is -2.36. The van der Waals surface area contributed by atoms with Gasteiger partial charge in [0.2, 0.25) is 0 Å². The number of hydrogen-bond donors (Lipinski definition) is 1. The molecule has 0 saturated heterocycles. The first-order valence-corrected chi connectivity index (χ1v) is 6.41. The third kappa shape index (κ3) is 3.83. The minimum atomic E-state index is -0.522. The Balaban J connectivity index is 1.95. The van der Waals surface area contributed by atoms with E-state index in [0.29, 0.717) is 19.2 Å². The van der Waals surface area contributed by atoms with Gasteiger partial charge in [-0.15, -0.1) is 0 Å². The third-order valence-corrected chi connectivity index (χ3v) is 3.07. The molecular formula is C13H17ClFNO2. The van der Waals surface area contributed by atoms with Gasteiger partial charge in [-0.1, -0.05) is 17.7 Å². The lowest BCUT2D eigenvalue weighted by Gasteiger charge is -2.19. The van der Waals surface area contributed by atoms with E-state index >= 15 is 0 Å². The zero-order valence-electron chi connectivity index (χ0n) is 10.3. The second-order valence-corrected chi connectivity index (χ2v) is 4.84. The molecule has 0 amide bonds. The van der Waals surface area contributed by atoms with Gasteiger partial charge in [-0.2, -0.15) is 0 Å². The number of hydrogen-bond acceptors (Lipinski definition) is 3. The third-order valence-electron chi connectivity index (χ3n) is 2.77. The molecule has 2 rings (SSSR count). The second kappa shape index (κ2) is 6.36. The van der Waals surface area contributed by atoms with Crippen molar-refractivity contribution >= 4 is 11.6 Å². The van der Waals surface area contributed by atoms with Gasteiger partial charge in [0.15, 0.2) is 11.6 Å². The van der Waals surface area contributed by atoms with E-state index in [9.17, 15) is 4.39 Å². The molecule has 0 spiro atoms. The van der Waals surface area contributed by atoms with Crippen molar-refractivity contribution in [2.24, 2.45) is 0 Å². The fraction of sp³-hybridized carbons (Fsp3) is 0.538. The molecule has 1 aromatic rings. The highest BCUT2D eigenvalue weighted by Gasteiger charge is 2.23. The molecule has 1 N–H and O–H groups in total. The van der Waals surface area contributed by atoms with E-state index in [-0.39, 0.29) is 16.9 Å². The lowest BCUT2D eigenvalue weighted by molar-refractivity contribution is 0.0777. The Kier molecular flexibility index (Phi) is 4.80. The van der Waals surface area contributed by atoms with Crippen LogP contribution < -0.4 is 10.1 Å². The van der Waals surface area contributed by atoms with Crippen LogP contribution in [0, 0.1) is 5.82 Å². The highest BCUT2D eigenvalue weighted by molar-refractivity contribution is 6.30. The molecule has 1 aliphatic rings. The summed E-state index contributed by atoms with van der Waals surface area (Å²) >= 11 is 5.71. The van der Waals surface area contributed by atoms with Crippen molar-refractivity contribution in [2.75, 3.05) is 20.3 Å². The van der Waals surface area contributed by atoms with Gasteiger partial charge in [0, 0.05) is 19.7 Å². The molecule has 1 fully saturated rings. The number of rotatable bonds is 7. The summed E-state index contributed by atoms with van der Waals surface area (Å²) in [5.74, 6) is -0.353. The van der Waals surface area contributed by atoms with E-state index in [2.05, 4.69) is 5.32 Å². The number of ether oxygens (including phenoxy) is 2. The van der Waals surface area contributed by atoms with Gasteiger partial charge in [0.1, 0.15) is 6.10 Å². The maximum atomic E-state index is 13.7. The quantitative estimate of drug-likeness (QED) is 0.828. The summed E-state index contributed by atoms with van der Waals surface area (Å²) in [6.45, 7) is 1.05. The normalized spacial score (nSPS) is 16.6. The van der Waals surface area contributed by atoms with Crippen LogP contribution in [-0.2, 0) is 4.74 Å². The van der Waals surface area contributed by atoms with Gasteiger partial charge >= 0.3 is 0 Å². The zero-order valence-corrected chi connectivity index (χ0v) is 11.0. The van der Waals surface area contributed by atoms with E-state index in [1.165, 1.54) is 18.9 Å². The summed E-state index contributed by atoms with van der Waals surface area (Å²) in [5.41, 5.74) is 0. The Morgan fingerprint density at radius 1 is 1.50 bits per heavy atom. The summed E-state index contributed by atoms with van der Waals surface area (Å²) in [6, 6.07) is 5.31. The summed E-state index contributed by atoms with van der Waals surface area (Å²) in [6.07, 6.45) is 2.18. The smallest absolute Gasteiger partial charge is 0.183 e. The van der Waals surface area contributed by atoms with Crippen LogP contribution >= 0.6 is 11.6 Å². The number of benzene rings is 1. The molecule has 1 aliphatic carbocycles. The Hall–Kier alpha value is -0.840. The minimum Gasteiger partial charge on any atom is -0.484 e. The molecule has 0 bridgehead atoms. The molecule has 1 atom stereocenters. The van der Waals surface area contributed by atoms with Gasteiger partial charge in [-0.25, -0.2) is 4.39 Å². The Morgan fingerprint density at radius 3 is 2.94 bits per heavy atom. The van der Waals surface area contributed by atoms with Gasteiger partial charge in [0.25, 0.3) is 0 Å². The summed E-state index contributed by atoms with van der Waals surface area (Å²) < 4.78 is 24.4. The predicted octanol–water partition coefficient (Wildman–Crippen LogP) is 2.62. The molecule has 1 saturated carbocycles. The highest BCUT2D eigenvalue weighted by Crippen LogP contribution is 2.25. The van der Waals surface area contributed by atoms with E-state index in [0.717, 1.165) is 0 Å². The highest BCUT2D eigenvalue weighted by atomic mass is 35.5. The topological polar surface area (TPSA) is 30.5 Å². The van der Waals surface area contributed by atoms with Crippen LogP contribution in [0.4, 0.5) is 4.39 Å². The fourth-order valence-electron chi connectivity index (χ4n) is 1.66. The van der Waals surface area contributed by atoms with Crippen LogP contribution in [0.2, 0.25) is 5.02 Å². The molecule has 0 radical (unpaired) electrons. The van der Waals surface area contributed by atoms with Gasteiger partial charge in [-0.05, 0) is 25.0 Å². The van der Waals surface area contributed by atoms with Crippen LogP contribution in [-0.4, -0.2) is 32.4 Å². The molecule has 3 nitrogen and oxygen atoms in total. The first-order chi connectivity index (χ1) is 8.70. The van der Waals surface area contributed by atoms with E-state index in [1.54, 1.807) is 19.2 Å². The first-order valence-electron chi connectivity index (χ1n) is 6.03. The molecule has 0 heterocycles. The van der Waals surface area contributed by atoms with Crippen LogP contribution in [0.1, 0.15) is 12.8 Å². The summed E-state index contributed by atoms with van der Waals surface area (Å²) in [5, 5.41) is 3.40. The van der Waals surface area contributed by atoms with E-state index in [4.69, 9.17) is 21.1 Å². The van der Waals surface area contributed by atoms with Crippen LogP contribution in [0.5, 0.6) is 5.75 Å². The lowest BCUT2D eigenvalue weighted by atomic mass is 10.3.